The Morgan fingerprint density at radius 3 is 2.88 bits per heavy atom. The van der Waals surface area contributed by atoms with Crippen molar-refractivity contribution in [1.82, 2.24) is 15.0 Å². The first kappa shape index (κ1) is 12.0. The zero-order valence-electron chi connectivity index (χ0n) is 9.05. The molecular formula is C10H12N4O2S. The van der Waals surface area contributed by atoms with Crippen molar-refractivity contribution in [2.75, 3.05) is 13.1 Å². The van der Waals surface area contributed by atoms with E-state index in [1.807, 2.05) is 6.07 Å². The van der Waals surface area contributed by atoms with Crippen molar-refractivity contribution >= 4 is 10.0 Å². The summed E-state index contributed by atoms with van der Waals surface area (Å²) in [5, 5.41) is 11.7. The number of pyridine rings is 1. The summed E-state index contributed by atoms with van der Waals surface area (Å²) in [4.78, 5) is 3.83. The first-order valence-corrected chi connectivity index (χ1v) is 6.69. The molecule has 90 valence electrons. The summed E-state index contributed by atoms with van der Waals surface area (Å²) in [6, 6.07) is 4.54. The van der Waals surface area contributed by atoms with E-state index in [0.29, 0.717) is 6.54 Å². The van der Waals surface area contributed by atoms with Crippen molar-refractivity contribution in [2.24, 2.45) is 0 Å². The van der Waals surface area contributed by atoms with E-state index in [0.717, 1.165) is 13.0 Å². The molecule has 1 aromatic heterocycles. The summed E-state index contributed by atoms with van der Waals surface area (Å²) in [5.74, 6) is 0. The Morgan fingerprint density at radius 2 is 2.35 bits per heavy atom. The number of nitriles is 1. The molecule has 2 N–H and O–H groups in total. The van der Waals surface area contributed by atoms with Gasteiger partial charge in [0.1, 0.15) is 16.7 Å². The van der Waals surface area contributed by atoms with Crippen LogP contribution in [0, 0.1) is 11.3 Å². The SMILES string of the molecule is N#Cc1ccc(S(=O)(=O)N[C@@H]2CCNC2)cn1. The summed E-state index contributed by atoms with van der Waals surface area (Å²) in [7, 11) is -3.53. The monoisotopic (exact) mass is 252 g/mol. The Labute approximate surface area is 99.7 Å². The lowest BCUT2D eigenvalue weighted by atomic mass is 10.3. The maximum Gasteiger partial charge on any atom is 0.242 e. The summed E-state index contributed by atoms with van der Waals surface area (Å²) >= 11 is 0. The van der Waals surface area contributed by atoms with E-state index in [9.17, 15) is 8.42 Å². The molecule has 0 aliphatic carbocycles. The van der Waals surface area contributed by atoms with Crippen LogP contribution in [0.2, 0.25) is 0 Å². The Hall–Kier alpha value is -1.49. The van der Waals surface area contributed by atoms with Crippen LogP contribution in [0.1, 0.15) is 12.1 Å². The third-order valence-corrected chi connectivity index (χ3v) is 4.05. The normalized spacial score (nSPS) is 20.1. The Morgan fingerprint density at radius 1 is 1.53 bits per heavy atom. The molecule has 1 atom stereocenters. The average Bonchev–Trinajstić information content (AvgIpc) is 2.81. The summed E-state index contributed by atoms with van der Waals surface area (Å²) in [6.45, 7) is 1.46. The second-order valence-electron chi connectivity index (χ2n) is 3.80. The van der Waals surface area contributed by atoms with E-state index in [4.69, 9.17) is 5.26 Å². The van der Waals surface area contributed by atoms with Gasteiger partial charge in [0.15, 0.2) is 0 Å². The largest absolute Gasteiger partial charge is 0.315 e. The molecule has 6 nitrogen and oxygen atoms in total. The molecular weight excluding hydrogens is 240 g/mol. The van der Waals surface area contributed by atoms with Crippen LogP contribution in [0.25, 0.3) is 0 Å². The number of hydrogen-bond donors (Lipinski definition) is 2. The zero-order valence-corrected chi connectivity index (χ0v) is 9.87. The molecule has 0 bridgehead atoms. The van der Waals surface area contributed by atoms with E-state index in [1.165, 1.54) is 18.3 Å². The number of hydrogen-bond acceptors (Lipinski definition) is 5. The van der Waals surface area contributed by atoms with Gasteiger partial charge in [0.2, 0.25) is 10.0 Å². The predicted octanol–water partition coefficient (Wildman–Crippen LogP) is -0.407. The Balaban J connectivity index is 2.16. The van der Waals surface area contributed by atoms with Gasteiger partial charge >= 0.3 is 0 Å². The topological polar surface area (TPSA) is 94.9 Å². The second-order valence-corrected chi connectivity index (χ2v) is 5.52. The molecule has 1 aliphatic heterocycles. The van der Waals surface area contributed by atoms with Crippen LogP contribution in [0.5, 0.6) is 0 Å². The molecule has 17 heavy (non-hydrogen) atoms. The molecule has 2 heterocycles. The van der Waals surface area contributed by atoms with Crippen LogP contribution >= 0.6 is 0 Å². The smallest absolute Gasteiger partial charge is 0.242 e. The predicted molar refractivity (Wildman–Crippen MR) is 60.5 cm³/mol. The maximum atomic E-state index is 11.9. The number of nitrogens with one attached hydrogen (secondary N) is 2. The maximum absolute atomic E-state index is 11.9. The molecule has 0 amide bonds. The highest BCUT2D eigenvalue weighted by molar-refractivity contribution is 7.89. The summed E-state index contributed by atoms with van der Waals surface area (Å²) in [5.41, 5.74) is 0.200. The van der Waals surface area contributed by atoms with E-state index >= 15 is 0 Å². The molecule has 1 fully saturated rings. The van der Waals surface area contributed by atoms with Crippen LogP contribution in [-0.4, -0.2) is 32.5 Å². The minimum absolute atomic E-state index is 0.0735. The van der Waals surface area contributed by atoms with Crippen molar-refractivity contribution in [1.29, 1.82) is 5.26 Å². The number of aromatic nitrogens is 1. The van der Waals surface area contributed by atoms with Gasteiger partial charge in [-0.3, -0.25) is 0 Å². The van der Waals surface area contributed by atoms with Crippen LogP contribution in [0.3, 0.4) is 0 Å². The molecule has 7 heteroatoms. The zero-order chi connectivity index (χ0) is 12.3. The van der Waals surface area contributed by atoms with Crippen LogP contribution < -0.4 is 10.0 Å². The molecule has 1 aliphatic rings. The lowest BCUT2D eigenvalue weighted by Gasteiger charge is -2.11. The standard InChI is InChI=1S/C10H12N4O2S/c11-5-8-1-2-10(7-13-8)17(15,16)14-9-3-4-12-6-9/h1-2,7,9,12,14H,3-4,6H2/t9-/m1/s1. The van der Waals surface area contributed by atoms with E-state index < -0.39 is 10.0 Å². The molecule has 0 spiro atoms. The van der Waals surface area contributed by atoms with Gasteiger partial charge < -0.3 is 5.32 Å². The van der Waals surface area contributed by atoms with Gasteiger partial charge in [0.25, 0.3) is 0 Å². The summed E-state index contributed by atoms with van der Waals surface area (Å²) < 4.78 is 26.4. The van der Waals surface area contributed by atoms with Crippen molar-refractivity contribution in [3.63, 3.8) is 0 Å². The highest BCUT2D eigenvalue weighted by Gasteiger charge is 2.22. The molecule has 0 radical (unpaired) electrons. The third kappa shape index (κ3) is 2.79. The van der Waals surface area contributed by atoms with Gasteiger partial charge in [-0.05, 0) is 25.1 Å². The Kier molecular flexibility index (Phi) is 3.38. The first-order valence-electron chi connectivity index (χ1n) is 5.21. The third-order valence-electron chi connectivity index (χ3n) is 2.54. The van der Waals surface area contributed by atoms with Crippen molar-refractivity contribution in [3.05, 3.63) is 24.0 Å². The molecule has 0 unspecified atom stereocenters. The fourth-order valence-electron chi connectivity index (χ4n) is 1.65. The lowest BCUT2D eigenvalue weighted by Crippen LogP contribution is -2.36. The van der Waals surface area contributed by atoms with Gasteiger partial charge in [0, 0.05) is 18.8 Å². The fourth-order valence-corrected chi connectivity index (χ4v) is 2.86. The quantitative estimate of drug-likeness (QED) is 0.762. The number of nitrogens with zero attached hydrogens (tertiary/aromatic N) is 2. The minimum atomic E-state index is -3.53. The lowest BCUT2D eigenvalue weighted by molar-refractivity contribution is 0.560. The highest BCUT2D eigenvalue weighted by Crippen LogP contribution is 2.10. The van der Waals surface area contributed by atoms with Gasteiger partial charge in [-0.1, -0.05) is 0 Å². The van der Waals surface area contributed by atoms with E-state index in [2.05, 4.69) is 15.0 Å². The van der Waals surface area contributed by atoms with E-state index in [1.54, 1.807) is 0 Å². The van der Waals surface area contributed by atoms with Gasteiger partial charge in [-0.25, -0.2) is 18.1 Å². The van der Waals surface area contributed by atoms with Crippen LogP contribution in [0.15, 0.2) is 23.2 Å². The molecule has 2 rings (SSSR count). The van der Waals surface area contributed by atoms with Gasteiger partial charge in [-0.2, -0.15) is 5.26 Å². The Bertz CT molecular complexity index is 526. The first-order chi connectivity index (χ1) is 8.12. The van der Waals surface area contributed by atoms with Crippen molar-refractivity contribution < 1.29 is 8.42 Å². The molecule has 1 aromatic rings. The fraction of sp³-hybridized carbons (Fsp3) is 0.400. The second kappa shape index (κ2) is 4.79. The van der Waals surface area contributed by atoms with Gasteiger partial charge in [0.05, 0.1) is 0 Å². The molecule has 1 saturated heterocycles. The minimum Gasteiger partial charge on any atom is -0.315 e. The van der Waals surface area contributed by atoms with E-state index in [-0.39, 0.29) is 16.6 Å². The highest BCUT2D eigenvalue weighted by atomic mass is 32.2. The number of sulfonamides is 1. The summed E-state index contributed by atoms with van der Waals surface area (Å²) in [6.07, 6.45) is 1.98. The van der Waals surface area contributed by atoms with Crippen LogP contribution in [0.4, 0.5) is 0 Å². The average molecular weight is 252 g/mol. The van der Waals surface area contributed by atoms with Gasteiger partial charge in [-0.15, -0.1) is 0 Å². The van der Waals surface area contributed by atoms with Crippen molar-refractivity contribution in [3.8, 4) is 6.07 Å². The molecule has 0 saturated carbocycles. The van der Waals surface area contributed by atoms with Crippen molar-refractivity contribution in [2.45, 2.75) is 17.4 Å². The molecule has 0 aromatic carbocycles. The van der Waals surface area contributed by atoms with Crippen LogP contribution in [-0.2, 0) is 10.0 Å². The number of rotatable bonds is 3.